The lowest BCUT2D eigenvalue weighted by Crippen LogP contribution is -2.35. The number of rotatable bonds is 4. The number of aliphatic hydroxyl groups is 1. The topological polar surface area (TPSA) is 101 Å². The van der Waals surface area contributed by atoms with Crippen LogP contribution in [0.3, 0.4) is 0 Å². The Labute approximate surface area is 162 Å². The van der Waals surface area contributed by atoms with E-state index >= 15 is 0 Å². The molecule has 0 aliphatic heterocycles. The highest BCUT2D eigenvalue weighted by Crippen LogP contribution is 2.25. The molecule has 0 fully saturated rings. The second-order valence-corrected chi connectivity index (χ2v) is 6.21. The van der Waals surface area contributed by atoms with Crippen LogP contribution in [0.2, 0.25) is 0 Å². The van der Waals surface area contributed by atoms with Gasteiger partial charge in [0.05, 0.1) is 11.2 Å². The minimum absolute atomic E-state index is 0.144. The molecule has 28 heavy (non-hydrogen) atoms. The van der Waals surface area contributed by atoms with Gasteiger partial charge in [0.25, 0.3) is 11.8 Å². The summed E-state index contributed by atoms with van der Waals surface area (Å²) in [6, 6.07) is 12.7. The standard InChI is InChI=1S/C21H20N4O3/c1-3-24(2)21(28)17(26)11-10-14-7-6-8-15(13-14)18-16-9-4-5-12-25(16)20(23-18)19(22)27/h4-9,12-13,17,26H,3H2,1-2H3,(H2,22,27). The number of carbonyl (C=O) groups excluding carboxylic acids is 2. The first-order valence-corrected chi connectivity index (χ1v) is 8.74. The van der Waals surface area contributed by atoms with Crippen LogP contribution in [-0.4, -0.2) is 50.9 Å². The number of aromatic nitrogens is 2. The predicted octanol–water partition coefficient (Wildman–Crippen LogP) is 1.29. The molecule has 0 spiro atoms. The van der Waals surface area contributed by atoms with E-state index in [0.717, 1.165) is 11.1 Å². The Morgan fingerprint density at radius 3 is 2.79 bits per heavy atom. The van der Waals surface area contributed by atoms with Crippen LogP contribution in [0.15, 0.2) is 48.7 Å². The average Bonchev–Trinajstić information content (AvgIpc) is 3.11. The second kappa shape index (κ2) is 7.94. The van der Waals surface area contributed by atoms with Crippen LogP contribution in [0.5, 0.6) is 0 Å². The minimum Gasteiger partial charge on any atom is -0.372 e. The number of hydrogen-bond acceptors (Lipinski definition) is 4. The second-order valence-electron chi connectivity index (χ2n) is 6.21. The van der Waals surface area contributed by atoms with E-state index in [1.165, 1.54) is 4.90 Å². The minimum atomic E-state index is -1.39. The van der Waals surface area contributed by atoms with Crippen molar-refractivity contribution in [1.82, 2.24) is 14.3 Å². The van der Waals surface area contributed by atoms with Crippen molar-refractivity contribution in [2.24, 2.45) is 5.73 Å². The third-order valence-electron chi connectivity index (χ3n) is 4.34. The number of amides is 2. The number of pyridine rings is 1. The predicted molar refractivity (Wildman–Crippen MR) is 105 cm³/mol. The maximum Gasteiger partial charge on any atom is 0.285 e. The van der Waals surface area contributed by atoms with Crippen LogP contribution in [0.25, 0.3) is 16.8 Å². The number of aliphatic hydroxyl groups excluding tert-OH is 1. The molecule has 7 heteroatoms. The van der Waals surface area contributed by atoms with Gasteiger partial charge in [0.15, 0.2) is 6.10 Å². The summed E-state index contributed by atoms with van der Waals surface area (Å²) in [5.74, 6) is 4.46. The van der Waals surface area contributed by atoms with E-state index in [2.05, 4.69) is 16.8 Å². The summed E-state index contributed by atoms with van der Waals surface area (Å²) in [5, 5.41) is 9.94. The van der Waals surface area contributed by atoms with Crippen molar-refractivity contribution in [3.05, 3.63) is 60.0 Å². The molecule has 0 aliphatic carbocycles. The van der Waals surface area contributed by atoms with Crippen molar-refractivity contribution in [3.63, 3.8) is 0 Å². The maximum atomic E-state index is 11.9. The van der Waals surface area contributed by atoms with Gasteiger partial charge in [-0.2, -0.15) is 0 Å². The lowest BCUT2D eigenvalue weighted by atomic mass is 10.1. The van der Waals surface area contributed by atoms with E-state index in [0.29, 0.717) is 17.8 Å². The Morgan fingerprint density at radius 2 is 2.07 bits per heavy atom. The molecule has 1 unspecified atom stereocenters. The highest BCUT2D eigenvalue weighted by molar-refractivity contribution is 5.93. The van der Waals surface area contributed by atoms with Crippen molar-refractivity contribution in [2.45, 2.75) is 13.0 Å². The molecule has 1 aromatic carbocycles. The first kappa shape index (κ1) is 19.1. The molecular formula is C21H20N4O3. The molecule has 0 saturated carbocycles. The number of nitrogens with zero attached hydrogens (tertiary/aromatic N) is 3. The highest BCUT2D eigenvalue weighted by Gasteiger charge is 2.17. The van der Waals surface area contributed by atoms with Crippen LogP contribution in [0.1, 0.15) is 23.1 Å². The number of hydrogen-bond donors (Lipinski definition) is 2. The monoisotopic (exact) mass is 376 g/mol. The van der Waals surface area contributed by atoms with Crippen LogP contribution in [-0.2, 0) is 4.79 Å². The molecule has 3 aromatic rings. The third kappa shape index (κ3) is 3.72. The molecule has 0 aliphatic rings. The van der Waals surface area contributed by atoms with Gasteiger partial charge < -0.3 is 15.7 Å². The Kier molecular flexibility index (Phi) is 5.43. The van der Waals surface area contributed by atoms with Crippen LogP contribution < -0.4 is 5.73 Å². The molecule has 0 radical (unpaired) electrons. The zero-order valence-corrected chi connectivity index (χ0v) is 15.6. The average molecular weight is 376 g/mol. The largest absolute Gasteiger partial charge is 0.372 e. The molecule has 7 nitrogen and oxygen atoms in total. The quantitative estimate of drug-likeness (QED) is 0.670. The number of benzene rings is 1. The van der Waals surface area contributed by atoms with Gasteiger partial charge in [-0.1, -0.05) is 30.0 Å². The molecule has 3 rings (SSSR count). The highest BCUT2D eigenvalue weighted by atomic mass is 16.3. The van der Waals surface area contributed by atoms with Gasteiger partial charge in [-0.15, -0.1) is 0 Å². The number of fused-ring (bicyclic) bond motifs is 1. The molecule has 0 saturated heterocycles. The van der Waals surface area contributed by atoms with Gasteiger partial charge >= 0.3 is 0 Å². The number of imidazole rings is 1. The molecule has 142 valence electrons. The zero-order chi connectivity index (χ0) is 20.3. The number of carbonyl (C=O) groups is 2. The fourth-order valence-corrected chi connectivity index (χ4v) is 2.75. The Hall–Kier alpha value is -3.63. The van der Waals surface area contributed by atoms with Gasteiger partial charge in [-0.3, -0.25) is 14.0 Å². The number of likely N-dealkylation sites (N-methyl/N-ethyl adjacent to an activating group) is 1. The van der Waals surface area contributed by atoms with Gasteiger partial charge in [-0.25, -0.2) is 4.98 Å². The van der Waals surface area contributed by atoms with Gasteiger partial charge in [0.2, 0.25) is 5.82 Å². The molecule has 0 bridgehead atoms. The van der Waals surface area contributed by atoms with E-state index < -0.39 is 17.9 Å². The van der Waals surface area contributed by atoms with Gasteiger partial charge in [0.1, 0.15) is 0 Å². The first-order chi connectivity index (χ1) is 13.4. The molecule has 1 atom stereocenters. The molecule has 2 aromatic heterocycles. The fraction of sp³-hybridized carbons (Fsp3) is 0.190. The maximum absolute atomic E-state index is 11.9. The molecular weight excluding hydrogens is 356 g/mol. The molecule has 2 amide bonds. The van der Waals surface area contributed by atoms with E-state index in [4.69, 9.17) is 5.73 Å². The van der Waals surface area contributed by atoms with Crippen molar-refractivity contribution in [3.8, 4) is 23.1 Å². The van der Waals surface area contributed by atoms with E-state index in [9.17, 15) is 14.7 Å². The third-order valence-corrected chi connectivity index (χ3v) is 4.34. The van der Waals surface area contributed by atoms with Crippen LogP contribution in [0.4, 0.5) is 0 Å². The number of nitrogens with two attached hydrogens (primary N) is 1. The van der Waals surface area contributed by atoms with Crippen molar-refractivity contribution < 1.29 is 14.7 Å². The molecule has 3 N–H and O–H groups in total. The summed E-state index contributed by atoms with van der Waals surface area (Å²) in [7, 11) is 1.61. The lowest BCUT2D eigenvalue weighted by molar-refractivity contribution is -0.135. The Balaban J connectivity index is 1.98. The first-order valence-electron chi connectivity index (χ1n) is 8.74. The number of primary amides is 1. The Bertz CT molecular complexity index is 1110. The summed E-state index contributed by atoms with van der Waals surface area (Å²) >= 11 is 0. The van der Waals surface area contributed by atoms with Crippen LogP contribution >= 0.6 is 0 Å². The van der Waals surface area contributed by atoms with Gasteiger partial charge in [-0.05, 0) is 31.2 Å². The van der Waals surface area contributed by atoms with Gasteiger partial charge in [0, 0.05) is 30.9 Å². The van der Waals surface area contributed by atoms with Crippen molar-refractivity contribution >= 4 is 17.3 Å². The van der Waals surface area contributed by atoms with Crippen molar-refractivity contribution in [1.29, 1.82) is 0 Å². The lowest BCUT2D eigenvalue weighted by Gasteiger charge is -2.15. The SMILES string of the molecule is CCN(C)C(=O)C(O)C#Cc1cccc(-c2nc(C(N)=O)n3ccccc23)c1. The fourth-order valence-electron chi connectivity index (χ4n) is 2.75. The molecule has 2 heterocycles. The summed E-state index contributed by atoms with van der Waals surface area (Å²) in [4.78, 5) is 29.4. The van der Waals surface area contributed by atoms with Crippen molar-refractivity contribution in [2.75, 3.05) is 13.6 Å². The smallest absolute Gasteiger partial charge is 0.285 e. The zero-order valence-electron chi connectivity index (χ0n) is 15.6. The summed E-state index contributed by atoms with van der Waals surface area (Å²) in [6.07, 6.45) is 0.338. The summed E-state index contributed by atoms with van der Waals surface area (Å²) in [6.45, 7) is 2.31. The summed E-state index contributed by atoms with van der Waals surface area (Å²) < 4.78 is 1.64. The summed E-state index contributed by atoms with van der Waals surface area (Å²) in [5.41, 5.74) is 8.13. The van der Waals surface area contributed by atoms with E-state index in [1.807, 2.05) is 25.1 Å². The van der Waals surface area contributed by atoms with E-state index in [-0.39, 0.29) is 5.82 Å². The normalized spacial score (nSPS) is 11.5. The van der Waals surface area contributed by atoms with Crippen LogP contribution in [0, 0.1) is 11.8 Å². The Morgan fingerprint density at radius 1 is 1.29 bits per heavy atom. The van der Waals surface area contributed by atoms with E-state index in [1.54, 1.807) is 41.9 Å².